The highest BCUT2D eigenvalue weighted by Crippen LogP contribution is 2.14. The molecule has 0 saturated carbocycles. The van der Waals surface area contributed by atoms with Crippen LogP contribution in [0.2, 0.25) is 0 Å². The summed E-state index contributed by atoms with van der Waals surface area (Å²) < 4.78 is 0. The Labute approximate surface area is 163 Å². The molecule has 4 nitrogen and oxygen atoms in total. The molecule has 0 spiro atoms. The molecule has 4 heteroatoms. The number of amides is 1. The van der Waals surface area contributed by atoms with Crippen LogP contribution < -0.4 is 5.32 Å². The van der Waals surface area contributed by atoms with Crippen LogP contribution in [-0.2, 0) is 6.54 Å². The molecule has 136 valence electrons. The van der Waals surface area contributed by atoms with Gasteiger partial charge in [-0.1, -0.05) is 48.5 Å². The molecule has 0 atom stereocenters. The number of pyridine rings is 2. The van der Waals surface area contributed by atoms with Crippen LogP contribution in [0.25, 0.3) is 23.1 Å². The average molecular weight is 365 g/mol. The minimum atomic E-state index is -0.101. The second kappa shape index (κ2) is 8.27. The first-order valence-corrected chi connectivity index (χ1v) is 9.09. The minimum Gasteiger partial charge on any atom is -0.348 e. The van der Waals surface area contributed by atoms with Gasteiger partial charge in [-0.3, -0.25) is 9.78 Å². The summed E-state index contributed by atoms with van der Waals surface area (Å²) in [5.74, 6) is -0.101. The van der Waals surface area contributed by atoms with E-state index in [0.717, 1.165) is 27.7 Å². The number of hydrogen-bond acceptors (Lipinski definition) is 3. The van der Waals surface area contributed by atoms with Crippen molar-refractivity contribution in [2.75, 3.05) is 0 Å². The highest BCUT2D eigenvalue weighted by atomic mass is 16.1. The van der Waals surface area contributed by atoms with Crippen molar-refractivity contribution in [3.63, 3.8) is 0 Å². The zero-order valence-corrected chi connectivity index (χ0v) is 15.2. The van der Waals surface area contributed by atoms with E-state index in [9.17, 15) is 4.79 Å². The van der Waals surface area contributed by atoms with E-state index in [0.29, 0.717) is 12.1 Å². The van der Waals surface area contributed by atoms with Crippen LogP contribution in [0.3, 0.4) is 0 Å². The number of carbonyl (C=O) groups is 1. The van der Waals surface area contributed by atoms with E-state index in [-0.39, 0.29) is 5.91 Å². The smallest absolute Gasteiger partial charge is 0.251 e. The molecular formula is C24H19N3O. The molecule has 0 radical (unpaired) electrons. The predicted octanol–water partition coefficient (Wildman–Crippen LogP) is 4.73. The molecule has 0 bridgehead atoms. The lowest BCUT2D eigenvalue weighted by molar-refractivity contribution is 0.0951. The lowest BCUT2D eigenvalue weighted by Crippen LogP contribution is -2.22. The second-order valence-corrected chi connectivity index (χ2v) is 6.43. The van der Waals surface area contributed by atoms with E-state index >= 15 is 0 Å². The maximum Gasteiger partial charge on any atom is 0.251 e. The van der Waals surface area contributed by atoms with E-state index in [1.807, 2.05) is 78.9 Å². The van der Waals surface area contributed by atoms with Crippen LogP contribution in [0.15, 0.2) is 85.2 Å². The molecule has 2 aromatic carbocycles. The topological polar surface area (TPSA) is 54.9 Å². The quantitative estimate of drug-likeness (QED) is 0.556. The number of nitrogens with one attached hydrogen (secondary N) is 1. The maximum atomic E-state index is 12.3. The van der Waals surface area contributed by atoms with Crippen molar-refractivity contribution in [3.05, 3.63) is 108 Å². The summed E-state index contributed by atoms with van der Waals surface area (Å²) in [6, 6.07) is 23.4. The minimum absolute atomic E-state index is 0.101. The van der Waals surface area contributed by atoms with Gasteiger partial charge >= 0.3 is 0 Å². The summed E-state index contributed by atoms with van der Waals surface area (Å²) in [5, 5.41) is 4.03. The van der Waals surface area contributed by atoms with E-state index in [1.54, 1.807) is 12.4 Å². The normalized spacial score (nSPS) is 11.0. The largest absolute Gasteiger partial charge is 0.348 e. The van der Waals surface area contributed by atoms with Crippen molar-refractivity contribution < 1.29 is 4.79 Å². The first-order chi connectivity index (χ1) is 13.8. The van der Waals surface area contributed by atoms with Crippen LogP contribution in [0, 0.1) is 0 Å². The Morgan fingerprint density at radius 2 is 1.75 bits per heavy atom. The molecule has 2 heterocycles. The summed E-state index contributed by atoms with van der Waals surface area (Å²) in [6.45, 7) is 0.460. The SMILES string of the molecule is O=C(NCc1cccnc1)c1ccc(C=Cc2ccc3ccccc3n2)cc1. The van der Waals surface area contributed by atoms with Crippen molar-refractivity contribution >= 4 is 29.0 Å². The molecule has 0 unspecified atom stereocenters. The van der Waals surface area contributed by atoms with Gasteiger partial charge in [-0.15, -0.1) is 0 Å². The average Bonchev–Trinajstić information content (AvgIpc) is 2.77. The van der Waals surface area contributed by atoms with Crippen molar-refractivity contribution in [2.45, 2.75) is 6.54 Å². The zero-order chi connectivity index (χ0) is 19.2. The zero-order valence-electron chi connectivity index (χ0n) is 15.2. The number of aromatic nitrogens is 2. The Kier molecular flexibility index (Phi) is 5.20. The van der Waals surface area contributed by atoms with Gasteiger partial charge in [0.05, 0.1) is 11.2 Å². The Hall–Kier alpha value is -3.79. The van der Waals surface area contributed by atoms with E-state index in [4.69, 9.17) is 0 Å². The van der Waals surface area contributed by atoms with Crippen LogP contribution >= 0.6 is 0 Å². The molecule has 4 aromatic rings. The van der Waals surface area contributed by atoms with E-state index in [1.165, 1.54) is 0 Å². The van der Waals surface area contributed by atoms with E-state index < -0.39 is 0 Å². The van der Waals surface area contributed by atoms with Gasteiger partial charge in [-0.05, 0) is 47.5 Å². The molecule has 0 aliphatic carbocycles. The van der Waals surface area contributed by atoms with Gasteiger partial charge in [0.1, 0.15) is 0 Å². The van der Waals surface area contributed by atoms with Gasteiger partial charge in [0.2, 0.25) is 0 Å². The summed E-state index contributed by atoms with van der Waals surface area (Å²) in [7, 11) is 0. The number of rotatable bonds is 5. The van der Waals surface area contributed by atoms with Crippen LogP contribution in [-0.4, -0.2) is 15.9 Å². The molecular weight excluding hydrogens is 346 g/mol. The van der Waals surface area contributed by atoms with Crippen LogP contribution in [0.1, 0.15) is 27.2 Å². The summed E-state index contributed by atoms with van der Waals surface area (Å²) >= 11 is 0. The summed E-state index contributed by atoms with van der Waals surface area (Å²) in [4.78, 5) is 21.0. The summed E-state index contributed by atoms with van der Waals surface area (Å²) in [6.07, 6.45) is 7.43. The molecule has 0 aliphatic rings. The molecule has 1 amide bonds. The first kappa shape index (κ1) is 17.6. The van der Waals surface area contributed by atoms with Crippen molar-refractivity contribution in [2.24, 2.45) is 0 Å². The number of benzene rings is 2. The second-order valence-electron chi connectivity index (χ2n) is 6.43. The lowest BCUT2D eigenvalue weighted by Gasteiger charge is -2.05. The standard InChI is InChI=1S/C24H19N3O/c28-24(26-17-19-4-3-15-25-16-19)21-10-7-18(8-11-21)9-13-22-14-12-20-5-1-2-6-23(20)27-22/h1-16H,17H2,(H,26,28). The number of para-hydroxylation sites is 1. The molecule has 2 aromatic heterocycles. The predicted molar refractivity (Wildman–Crippen MR) is 113 cm³/mol. The van der Waals surface area contributed by atoms with Crippen LogP contribution in [0.5, 0.6) is 0 Å². The number of nitrogens with zero attached hydrogens (tertiary/aromatic N) is 2. The fraction of sp³-hybridized carbons (Fsp3) is 0.0417. The number of fused-ring (bicyclic) bond motifs is 1. The maximum absolute atomic E-state index is 12.3. The van der Waals surface area contributed by atoms with Gasteiger partial charge in [0.25, 0.3) is 5.91 Å². The van der Waals surface area contributed by atoms with Gasteiger partial charge < -0.3 is 5.32 Å². The number of hydrogen-bond donors (Lipinski definition) is 1. The van der Waals surface area contributed by atoms with Gasteiger partial charge in [0, 0.05) is 29.9 Å². The highest BCUT2D eigenvalue weighted by Gasteiger charge is 2.04. The van der Waals surface area contributed by atoms with Crippen molar-refractivity contribution in [1.82, 2.24) is 15.3 Å². The third kappa shape index (κ3) is 4.30. The van der Waals surface area contributed by atoms with Gasteiger partial charge in [-0.25, -0.2) is 4.98 Å². The third-order valence-corrected chi connectivity index (χ3v) is 4.42. The molecule has 0 saturated heterocycles. The molecule has 0 fully saturated rings. The van der Waals surface area contributed by atoms with Gasteiger partial charge in [-0.2, -0.15) is 0 Å². The van der Waals surface area contributed by atoms with Crippen molar-refractivity contribution in [1.29, 1.82) is 0 Å². The fourth-order valence-electron chi connectivity index (χ4n) is 2.89. The van der Waals surface area contributed by atoms with Gasteiger partial charge in [0.15, 0.2) is 0 Å². The first-order valence-electron chi connectivity index (χ1n) is 9.09. The number of carbonyl (C=O) groups excluding carboxylic acids is 1. The molecule has 1 N–H and O–H groups in total. The Balaban J connectivity index is 1.40. The highest BCUT2D eigenvalue weighted by molar-refractivity contribution is 5.94. The Morgan fingerprint density at radius 1 is 0.893 bits per heavy atom. The van der Waals surface area contributed by atoms with Crippen LogP contribution in [0.4, 0.5) is 0 Å². The molecule has 4 rings (SSSR count). The summed E-state index contributed by atoms with van der Waals surface area (Å²) in [5.41, 5.74) is 4.49. The Bertz CT molecular complexity index is 1120. The fourth-order valence-corrected chi connectivity index (χ4v) is 2.89. The van der Waals surface area contributed by atoms with E-state index in [2.05, 4.69) is 21.4 Å². The molecule has 28 heavy (non-hydrogen) atoms. The van der Waals surface area contributed by atoms with Crippen molar-refractivity contribution in [3.8, 4) is 0 Å². The third-order valence-electron chi connectivity index (χ3n) is 4.42. The Morgan fingerprint density at radius 3 is 2.57 bits per heavy atom. The lowest BCUT2D eigenvalue weighted by atomic mass is 10.1. The molecule has 0 aliphatic heterocycles. The monoisotopic (exact) mass is 365 g/mol.